The largest absolute Gasteiger partial charge is 0.495 e. The van der Waals surface area contributed by atoms with Crippen molar-refractivity contribution in [3.63, 3.8) is 0 Å². The van der Waals surface area contributed by atoms with Gasteiger partial charge < -0.3 is 14.2 Å². The lowest BCUT2D eigenvalue weighted by atomic mass is 10.1. The predicted molar refractivity (Wildman–Crippen MR) is 75.4 cm³/mol. The van der Waals surface area contributed by atoms with E-state index in [0.717, 1.165) is 24.3 Å². The normalized spacial score (nSPS) is 16.8. The number of rotatable bonds is 4. The zero-order chi connectivity index (χ0) is 13.9. The minimum atomic E-state index is 0.178. The van der Waals surface area contributed by atoms with Gasteiger partial charge in [-0.15, -0.1) is 0 Å². The molecule has 4 nitrogen and oxygen atoms in total. The Morgan fingerprint density at radius 1 is 1.15 bits per heavy atom. The smallest absolute Gasteiger partial charge is 0.219 e. The molecule has 2 aromatic rings. The first kappa shape index (κ1) is 12.9. The third kappa shape index (κ3) is 2.34. The fourth-order valence-electron chi connectivity index (χ4n) is 2.58. The highest BCUT2D eigenvalue weighted by molar-refractivity contribution is 5.46. The van der Waals surface area contributed by atoms with E-state index < -0.39 is 0 Å². The van der Waals surface area contributed by atoms with Crippen molar-refractivity contribution >= 4 is 0 Å². The van der Waals surface area contributed by atoms with Gasteiger partial charge in [0.1, 0.15) is 11.5 Å². The molecule has 1 aliphatic carbocycles. The van der Waals surface area contributed by atoms with Crippen LogP contribution in [0.1, 0.15) is 23.7 Å². The highest BCUT2D eigenvalue weighted by atomic mass is 16.5. The Balaban J connectivity index is 1.86. The Labute approximate surface area is 118 Å². The van der Waals surface area contributed by atoms with Crippen LogP contribution in [0.15, 0.2) is 36.5 Å². The lowest BCUT2D eigenvalue weighted by molar-refractivity contribution is 0.105. The summed E-state index contributed by atoms with van der Waals surface area (Å²) in [4.78, 5) is 4.23. The highest BCUT2D eigenvalue weighted by Crippen LogP contribution is 2.39. The third-order valence-corrected chi connectivity index (χ3v) is 3.62. The van der Waals surface area contributed by atoms with Crippen molar-refractivity contribution in [2.24, 2.45) is 0 Å². The SMILES string of the molecule is COc1ccc(Oc2cccc3c2CCC3OC)nc1. The number of aromatic nitrogens is 1. The Hall–Kier alpha value is -2.07. The Bertz CT molecular complexity index is 595. The van der Waals surface area contributed by atoms with Crippen molar-refractivity contribution in [2.75, 3.05) is 14.2 Å². The van der Waals surface area contributed by atoms with E-state index in [1.165, 1.54) is 11.1 Å². The second-order valence-corrected chi connectivity index (χ2v) is 4.73. The van der Waals surface area contributed by atoms with Gasteiger partial charge in [0.25, 0.3) is 0 Å². The van der Waals surface area contributed by atoms with Crippen LogP contribution >= 0.6 is 0 Å². The molecule has 1 aromatic heterocycles. The molecular weight excluding hydrogens is 254 g/mol. The molecule has 104 valence electrons. The van der Waals surface area contributed by atoms with E-state index in [-0.39, 0.29) is 6.10 Å². The fourth-order valence-corrected chi connectivity index (χ4v) is 2.58. The summed E-state index contributed by atoms with van der Waals surface area (Å²) in [5.41, 5.74) is 2.44. The summed E-state index contributed by atoms with van der Waals surface area (Å²) in [5, 5.41) is 0. The first-order chi connectivity index (χ1) is 9.81. The highest BCUT2D eigenvalue weighted by Gasteiger charge is 2.25. The van der Waals surface area contributed by atoms with E-state index in [9.17, 15) is 0 Å². The van der Waals surface area contributed by atoms with Gasteiger partial charge in [-0.2, -0.15) is 0 Å². The summed E-state index contributed by atoms with van der Waals surface area (Å²) >= 11 is 0. The molecule has 0 spiro atoms. The average Bonchev–Trinajstić information content (AvgIpc) is 2.92. The molecule has 1 unspecified atom stereocenters. The van der Waals surface area contributed by atoms with Crippen LogP contribution in [0.3, 0.4) is 0 Å². The maximum absolute atomic E-state index is 5.89. The van der Waals surface area contributed by atoms with Gasteiger partial charge in [0, 0.05) is 18.7 Å². The van der Waals surface area contributed by atoms with Crippen molar-refractivity contribution in [2.45, 2.75) is 18.9 Å². The summed E-state index contributed by atoms with van der Waals surface area (Å²) in [7, 11) is 3.37. The van der Waals surface area contributed by atoms with Gasteiger partial charge in [0.2, 0.25) is 5.88 Å². The quantitative estimate of drug-likeness (QED) is 0.853. The van der Waals surface area contributed by atoms with Crippen LogP contribution < -0.4 is 9.47 Å². The zero-order valence-electron chi connectivity index (χ0n) is 11.6. The second kappa shape index (κ2) is 5.51. The number of benzene rings is 1. The van der Waals surface area contributed by atoms with Crippen LogP contribution in [0, 0.1) is 0 Å². The summed E-state index contributed by atoms with van der Waals surface area (Å²) in [5.74, 6) is 2.15. The molecule has 20 heavy (non-hydrogen) atoms. The molecule has 0 N–H and O–H groups in total. The zero-order valence-corrected chi connectivity index (χ0v) is 11.6. The molecule has 0 radical (unpaired) electrons. The van der Waals surface area contributed by atoms with Crippen molar-refractivity contribution < 1.29 is 14.2 Å². The van der Waals surface area contributed by atoms with Gasteiger partial charge in [-0.05, 0) is 30.5 Å². The number of hydrogen-bond acceptors (Lipinski definition) is 4. The van der Waals surface area contributed by atoms with Crippen LogP contribution in [0.25, 0.3) is 0 Å². The van der Waals surface area contributed by atoms with E-state index in [1.807, 2.05) is 18.2 Å². The molecule has 0 bridgehead atoms. The number of fused-ring (bicyclic) bond motifs is 1. The van der Waals surface area contributed by atoms with E-state index in [1.54, 1.807) is 26.5 Å². The molecule has 1 aliphatic rings. The fraction of sp³-hybridized carbons (Fsp3) is 0.312. The molecule has 3 rings (SSSR count). The van der Waals surface area contributed by atoms with Gasteiger partial charge in [0.05, 0.1) is 19.4 Å². The molecule has 0 aliphatic heterocycles. The van der Waals surface area contributed by atoms with E-state index in [4.69, 9.17) is 14.2 Å². The molecule has 1 aromatic carbocycles. The van der Waals surface area contributed by atoms with Crippen LogP contribution in [0.4, 0.5) is 0 Å². The van der Waals surface area contributed by atoms with Crippen LogP contribution in [-0.4, -0.2) is 19.2 Å². The number of nitrogens with zero attached hydrogens (tertiary/aromatic N) is 1. The monoisotopic (exact) mass is 271 g/mol. The lowest BCUT2D eigenvalue weighted by Gasteiger charge is -2.12. The maximum Gasteiger partial charge on any atom is 0.219 e. The number of hydrogen-bond donors (Lipinski definition) is 0. The van der Waals surface area contributed by atoms with Crippen molar-refractivity contribution in [1.82, 2.24) is 4.98 Å². The lowest BCUT2D eigenvalue weighted by Crippen LogP contribution is -1.96. The molecule has 1 heterocycles. The standard InChI is InChI=1S/C16H17NO3/c1-18-11-6-9-16(17-10-11)20-15-5-3-4-12-13(15)7-8-14(12)19-2/h3-6,9-10,14H,7-8H2,1-2H3. The predicted octanol–water partition coefficient (Wildman–Crippen LogP) is 3.52. The number of ether oxygens (including phenoxy) is 3. The van der Waals surface area contributed by atoms with E-state index in [0.29, 0.717) is 5.88 Å². The van der Waals surface area contributed by atoms with Crippen molar-refractivity contribution in [1.29, 1.82) is 0 Å². The van der Waals surface area contributed by atoms with E-state index >= 15 is 0 Å². The van der Waals surface area contributed by atoms with Gasteiger partial charge in [-0.25, -0.2) is 4.98 Å². The molecule has 0 fully saturated rings. The van der Waals surface area contributed by atoms with E-state index in [2.05, 4.69) is 11.1 Å². The van der Waals surface area contributed by atoms with Gasteiger partial charge in [-0.1, -0.05) is 12.1 Å². The summed E-state index contributed by atoms with van der Waals surface area (Å²) < 4.78 is 16.5. The third-order valence-electron chi connectivity index (χ3n) is 3.62. The summed E-state index contributed by atoms with van der Waals surface area (Å²) in [6, 6.07) is 9.72. The Morgan fingerprint density at radius 2 is 2.05 bits per heavy atom. The molecule has 0 amide bonds. The van der Waals surface area contributed by atoms with Gasteiger partial charge in [-0.3, -0.25) is 0 Å². The van der Waals surface area contributed by atoms with Gasteiger partial charge in [0.15, 0.2) is 0 Å². The van der Waals surface area contributed by atoms with Crippen molar-refractivity contribution in [3.05, 3.63) is 47.7 Å². The minimum Gasteiger partial charge on any atom is -0.495 e. The first-order valence-corrected chi connectivity index (χ1v) is 6.64. The molecule has 1 atom stereocenters. The van der Waals surface area contributed by atoms with Crippen LogP contribution in [-0.2, 0) is 11.2 Å². The van der Waals surface area contributed by atoms with Gasteiger partial charge >= 0.3 is 0 Å². The molecule has 0 saturated carbocycles. The molecule has 4 heteroatoms. The number of pyridine rings is 1. The van der Waals surface area contributed by atoms with Crippen molar-refractivity contribution in [3.8, 4) is 17.4 Å². The Kier molecular flexibility index (Phi) is 3.56. The molecular formula is C16H17NO3. The summed E-state index contributed by atoms with van der Waals surface area (Å²) in [6.45, 7) is 0. The second-order valence-electron chi connectivity index (χ2n) is 4.73. The molecule has 0 saturated heterocycles. The topological polar surface area (TPSA) is 40.6 Å². The first-order valence-electron chi connectivity index (χ1n) is 6.64. The number of methoxy groups -OCH3 is 2. The minimum absolute atomic E-state index is 0.178. The summed E-state index contributed by atoms with van der Waals surface area (Å²) in [6.07, 6.45) is 3.80. The Morgan fingerprint density at radius 3 is 2.75 bits per heavy atom. The average molecular weight is 271 g/mol. The van der Waals surface area contributed by atoms with Crippen LogP contribution in [0.2, 0.25) is 0 Å². The maximum atomic E-state index is 5.89. The van der Waals surface area contributed by atoms with Crippen LogP contribution in [0.5, 0.6) is 17.4 Å².